The third-order valence-electron chi connectivity index (χ3n) is 18.9. The second-order valence-corrected chi connectivity index (χ2v) is 20.5. The van der Waals surface area contributed by atoms with Crippen molar-refractivity contribution in [1.82, 2.24) is 4.90 Å². The van der Waals surface area contributed by atoms with Crippen LogP contribution in [0, 0.1) is 11.8 Å². The molecule has 57 heavy (non-hydrogen) atoms. The number of aryl methyl sites for hydroxylation is 2. The van der Waals surface area contributed by atoms with Crippen LogP contribution in [0.3, 0.4) is 0 Å². The SMILES string of the molecule is COCCOCCN1CC2C3=c4c5c6c7c4c4c8c(cc9cc%10c%11c%12c%13c%14c(cc%15c(c%14c6c%13c6c%11c9c8c76)C5C(C3)C%15)=CC%12C%10)CC42C1c1ccc2c(c1)CC2. The third-order valence-corrected chi connectivity index (χ3v) is 18.9. The Labute approximate surface area is 327 Å². The molecule has 0 N–H and O–H groups in total. The van der Waals surface area contributed by atoms with Gasteiger partial charge >= 0.3 is 0 Å². The van der Waals surface area contributed by atoms with Crippen molar-refractivity contribution in [1.29, 1.82) is 0 Å². The van der Waals surface area contributed by atoms with E-state index in [9.17, 15) is 0 Å². The first-order valence-electron chi connectivity index (χ1n) is 22.2. The summed E-state index contributed by atoms with van der Waals surface area (Å²) in [5.41, 5.74) is 18.6. The van der Waals surface area contributed by atoms with Gasteiger partial charge in [-0.2, -0.15) is 0 Å². The number of hydrogen-bond acceptors (Lipinski definition) is 3. The number of hydrogen-bond donors (Lipinski definition) is 0. The highest BCUT2D eigenvalue weighted by molar-refractivity contribution is 6.58. The summed E-state index contributed by atoms with van der Waals surface area (Å²) in [7, 11) is 1.78. The Hall–Kier alpha value is -4.80. The van der Waals surface area contributed by atoms with Crippen molar-refractivity contribution >= 4 is 97.8 Å². The summed E-state index contributed by atoms with van der Waals surface area (Å²) in [6.07, 6.45) is 10.0. The van der Waals surface area contributed by atoms with Crippen LogP contribution in [0.2, 0.25) is 0 Å². The van der Waals surface area contributed by atoms with Crippen molar-refractivity contribution in [3.63, 3.8) is 0 Å². The molecule has 19 rings (SSSR count). The minimum Gasteiger partial charge on any atom is -0.382 e. The maximum Gasteiger partial charge on any atom is 0.0700 e. The Morgan fingerprint density at radius 2 is 1.46 bits per heavy atom. The summed E-state index contributed by atoms with van der Waals surface area (Å²) >= 11 is 0. The van der Waals surface area contributed by atoms with Gasteiger partial charge in [0.25, 0.3) is 0 Å². The molecule has 1 fully saturated rings. The van der Waals surface area contributed by atoms with Crippen LogP contribution in [0.15, 0.2) is 36.4 Å². The van der Waals surface area contributed by atoms with Gasteiger partial charge in [-0.25, -0.2) is 0 Å². The predicted molar refractivity (Wildman–Crippen MR) is 229 cm³/mol. The maximum atomic E-state index is 6.33. The normalized spacial score (nSPS) is 28.6. The van der Waals surface area contributed by atoms with E-state index in [4.69, 9.17) is 9.47 Å². The molecule has 9 aliphatic rings. The lowest BCUT2D eigenvalue weighted by Gasteiger charge is -2.45. The number of nitrogens with zero attached hydrogens (tertiary/aromatic N) is 1. The van der Waals surface area contributed by atoms with Gasteiger partial charge in [0.15, 0.2) is 0 Å². The Morgan fingerprint density at radius 1 is 0.649 bits per heavy atom. The molecule has 270 valence electrons. The van der Waals surface area contributed by atoms with Crippen LogP contribution >= 0.6 is 0 Å². The Morgan fingerprint density at radius 3 is 2.35 bits per heavy atom. The van der Waals surface area contributed by atoms with Gasteiger partial charge in [-0.3, -0.25) is 4.90 Å². The average Bonchev–Trinajstić information content (AvgIpc) is 4.05. The molecule has 0 aromatic heterocycles. The van der Waals surface area contributed by atoms with Crippen molar-refractivity contribution in [3.05, 3.63) is 102 Å². The lowest BCUT2D eigenvalue weighted by Crippen LogP contribution is -2.45. The standard InChI is InChI=1S/C54H37NO2/c1-56-8-9-57-7-6-55-19-31-30-17-28-15-25-13-26-12-23-11-24-14-27-16-29-18-54(31,53(55)22-5-3-20-2-4-21(20)10-22)52-38(29)43-37(27)42-33(24)32(23)40-36(26)41-34(25)35(28)44-39(30)51(52)50-48(43)46(42)45(40)47(41)49(44)50/h3,5,10,12-14,16,23,28,31,35,53H,2,4,6-9,11,15,17-19H2,1H3. The molecule has 1 aliphatic heterocycles. The molecular weight excluding hydrogens is 695 g/mol. The van der Waals surface area contributed by atoms with Gasteiger partial charge in [0, 0.05) is 49.4 Å². The monoisotopic (exact) mass is 731 g/mol. The number of rotatable bonds is 7. The molecule has 1 spiro atoms. The molecule has 3 heteroatoms. The van der Waals surface area contributed by atoms with Crippen molar-refractivity contribution in [2.45, 2.75) is 61.8 Å². The number of methoxy groups -OCH3 is 1. The van der Waals surface area contributed by atoms with Crippen LogP contribution in [0.5, 0.6) is 0 Å². The predicted octanol–water partition coefficient (Wildman–Crippen LogP) is 8.95. The number of fused-ring (bicyclic) bond motifs is 2. The Kier molecular flexibility index (Phi) is 3.95. The minimum absolute atomic E-state index is 0.0107. The molecule has 8 aliphatic carbocycles. The van der Waals surface area contributed by atoms with E-state index in [1.807, 2.05) is 5.57 Å². The van der Waals surface area contributed by atoms with Crippen LogP contribution in [-0.2, 0) is 47.0 Å². The summed E-state index contributed by atoms with van der Waals surface area (Å²) < 4.78 is 11.7. The fourth-order valence-electron chi connectivity index (χ4n) is 17.6. The van der Waals surface area contributed by atoms with E-state index in [-0.39, 0.29) is 5.41 Å². The van der Waals surface area contributed by atoms with Gasteiger partial charge < -0.3 is 9.47 Å². The van der Waals surface area contributed by atoms with Crippen LogP contribution in [-0.4, -0.2) is 44.9 Å². The van der Waals surface area contributed by atoms with E-state index >= 15 is 0 Å². The molecule has 6 atom stereocenters. The fraction of sp³-hybridized carbons (Fsp3) is 0.333. The first-order chi connectivity index (χ1) is 28.2. The van der Waals surface area contributed by atoms with Gasteiger partial charge in [-0.1, -0.05) is 48.0 Å². The van der Waals surface area contributed by atoms with Crippen LogP contribution in [0.4, 0.5) is 0 Å². The van der Waals surface area contributed by atoms with Crippen LogP contribution in [0.25, 0.3) is 97.8 Å². The first kappa shape index (κ1) is 27.8. The Balaban J connectivity index is 1.06. The lowest BCUT2D eigenvalue weighted by atomic mass is 9.58. The first-order valence-corrected chi connectivity index (χ1v) is 22.2. The fourth-order valence-corrected chi connectivity index (χ4v) is 17.6. The van der Waals surface area contributed by atoms with Crippen molar-refractivity contribution < 1.29 is 9.47 Å². The van der Waals surface area contributed by atoms with Gasteiger partial charge in [0.1, 0.15) is 0 Å². The second kappa shape index (κ2) is 8.10. The molecule has 0 bridgehead atoms. The smallest absolute Gasteiger partial charge is 0.0700 e. The van der Waals surface area contributed by atoms with Gasteiger partial charge in [0.2, 0.25) is 0 Å². The van der Waals surface area contributed by atoms with E-state index < -0.39 is 0 Å². The zero-order valence-electron chi connectivity index (χ0n) is 32.0. The Bertz CT molecular complexity index is 3850. The van der Waals surface area contributed by atoms with Crippen molar-refractivity contribution in [3.8, 4) is 0 Å². The molecule has 0 saturated carbocycles. The van der Waals surface area contributed by atoms with Gasteiger partial charge in [-0.05, 0) is 197 Å². The van der Waals surface area contributed by atoms with E-state index in [0.717, 1.165) is 32.5 Å². The molecule has 0 radical (unpaired) electrons. The molecule has 3 nitrogen and oxygen atoms in total. The van der Waals surface area contributed by atoms with E-state index in [0.29, 0.717) is 42.9 Å². The van der Waals surface area contributed by atoms with Gasteiger partial charge in [-0.15, -0.1) is 0 Å². The lowest BCUT2D eigenvalue weighted by molar-refractivity contribution is 0.0524. The molecule has 1 saturated heterocycles. The van der Waals surface area contributed by atoms with E-state index in [2.05, 4.69) is 47.4 Å². The molecule has 10 aromatic carbocycles. The van der Waals surface area contributed by atoms with Crippen molar-refractivity contribution in [2.24, 2.45) is 11.8 Å². The molecule has 10 aromatic rings. The molecule has 6 unspecified atom stereocenters. The van der Waals surface area contributed by atoms with Crippen LogP contribution in [0.1, 0.15) is 79.9 Å². The average molecular weight is 732 g/mol. The maximum absolute atomic E-state index is 6.33. The summed E-state index contributed by atoms with van der Waals surface area (Å²) in [6.45, 7) is 4.17. The summed E-state index contributed by atoms with van der Waals surface area (Å²) in [6, 6.07) is 16.2. The molecule has 0 amide bonds. The number of benzene rings is 7. The quantitative estimate of drug-likeness (QED) is 0.121. The van der Waals surface area contributed by atoms with Crippen LogP contribution < -0.4 is 10.4 Å². The summed E-state index contributed by atoms with van der Waals surface area (Å²) in [4.78, 5) is 2.93. The zero-order valence-corrected chi connectivity index (χ0v) is 32.0. The highest BCUT2D eigenvalue weighted by atomic mass is 16.5. The topological polar surface area (TPSA) is 21.7 Å². The summed E-state index contributed by atoms with van der Waals surface area (Å²) in [5.74, 6) is 2.23. The molecular formula is C54H37NO2. The van der Waals surface area contributed by atoms with E-state index in [1.165, 1.54) is 31.1 Å². The number of likely N-dealkylation sites (tertiary alicyclic amines) is 1. The minimum atomic E-state index is 0.0107. The van der Waals surface area contributed by atoms with Crippen molar-refractivity contribution in [2.75, 3.05) is 40.0 Å². The summed E-state index contributed by atoms with van der Waals surface area (Å²) in [5, 5.41) is 30.0. The third kappa shape index (κ3) is 2.40. The number of ether oxygens (including phenoxy) is 2. The highest BCUT2D eigenvalue weighted by Gasteiger charge is 2.64. The largest absolute Gasteiger partial charge is 0.382 e. The van der Waals surface area contributed by atoms with E-state index in [1.54, 1.807) is 154 Å². The zero-order chi connectivity index (χ0) is 35.8. The highest BCUT2D eigenvalue weighted by Crippen LogP contribution is 2.72. The van der Waals surface area contributed by atoms with Gasteiger partial charge in [0.05, 0.1) is 19.8 Å². The molecule has 1 heterocycles. The second-order valence-electron chi connectivity index (χ2n) is 20.5.